The van der Waals surface area contributed by atoms with Crippen LogP contribution in [-0.2, 0) is 4.79 Å². The van der Waals surface area contributed by atoms with Gasteiger partial charge in [-0.2, -0.15) is 0 Å². The summed E-state index contributed by atoms with van der Waals surface area (Å²) < 4.78 is 17.9. The maximum absolute atomic E-state index is 13.0. The minimum atomic E-state index is -0.386. The smallest absolute Gasteiger partial charge is 0.165 e. The van der Waals surface area contributed by atoms with Crippen LogP contribution in [0.5, 0.6) is 5.75 Å². The predicted molar refractivity (Wildman–Crippen MR) is 49.9 cm³/mol. The fourth-order valence-corrected chi connectivity index (χ4v) is 1.65. The molecule has 0 amide bonds. The van der Waals surface area contributed by atoms with Crippen molar-refractivity contribution in [2.45, 2.75) is 18.8 Å². The molecule has 1 aliphatic rings. The Morgan fingerprint density at radius 3 is 2.79 bits per heavy atom. The maximum atomic E-state index is 13.0. The van der Waals surface area contributed by atoms with Gasteiger partial charge in [0.2, 0.25) is 0 Å². The molecule has 0 N–H and O–H groups in total. The monoisotopic (exact) mass is 194 g/mol. The van der Waals surface area contributed by atoms with Crippen molar-refractivity contribution in [3.05, 3.63) is 29.6 Å². The summed E-state index contributed by atoms with van der Waals surface area (Å²) in [4.78, 5) is 11.2. The SMILES string of the molecule is COc1cc(C2CCC2=O)ccc1F. The van der Waals surface area contributed by atoms with Gasteiger partial charge in [0.15, 0.2) is 11.6 Å². The molecule has 1 saturated carbocycles. The first-order valence-corrected chi connectivity index (χ1v) is 4.58. The number of hydrogen-bond acceptors (Lipinski definition) is 2. The van der Waals surface area contributed by atoms with Crippen LogP contribution in [0, 0.1) is 5.82 Å². The third-order valence-electron chi connectivity index (χ3n) is 2.65. The fraction of sp³-hybridized carbons (Fsp3) is 0.364. The molecule has 1 aliphatic carbocycles. The lowest BCUT2D eigenvalue weighted by molar-refractivity contribution is -0.125. The van der Waals surface area contributed by atoms with Gasteiger partial charge in [-0.1, -0.05) is 6.07 Å². The predicted octanol–water partition coefficient (Wildman–Crippen LogP) is 2.28. The van der Waals surface area contributed by atoms with E-state index in [0.717, 1.165) is 12.0 Å². The summed E-state index contributed by atoms with van der Waals surface area (Å²) >= 11 is 0. The first kappa shape index (κ1) is 9.19. The first-order chi connectivity index (χ1) is 6.72. The van der Waals surface area contributed by atoms with E-state index in [-0.39, 0.29) is 23.3 Å². The average Bonchev–Trinajstić information content (AvgIpc) is 2.18. The number of carbonyl (C=O) groups excluding carboxylic acids is 1. The van der Waals surface area contributed by atoms with Crippen molar-refractivity contribution < 1.29 is 13.9 Å². The molecular formula is C11H11FO2. The number of ether oxygens (including phenoxy) is 1. The molecule has 74 valence electrons. The van der Waals surface area contributed by atoms with Gasteiger partial charge in [-0.3, -0.25) is 4.79 Å². The summed E-state index contributed by atoms with van der Waals surface area (Å²) in [6.45, 7) is 0. The molecule has 1 fully saturated rings. The minimum absolute atomic E-state index is 0.0375. The quantitative estimate of drug-likeness (QED) is 0.722. The molecule has 1 unspecified atom stereocenters. The maximum Gasteiger partial charge on any atom is 0.165 e. The van der Waals surface area contributed by atoms with Crippen LogP contribution < -0.4 is 4.74 Å². The van der Waals surface area contributed by atoms with E-state index in [9.17, 15) is 9.18 Å². The molecule has 0 aliphatic heterocycles. The van der Waals surface area contributed by atoms with E-state index in [1.807, 2.05) is 0 Å². The zero-order valence-electron chi connectivity index (χ0n) is 7.92. The van der Waals surface area contributed by atoms with Gasteiger partial charge in [-0.25, -0.2) is 4.39 Å². The summed E-state index contributed by atoms with van der Waals surface area (Å²) in [7, 11) is 1.42. The lowest BCUT2D eigenvalue weighted by Crippen LogP contribution is -2.23. The standard InChI is InChI=1S/C11H11FO2/c1-14-11-6-7(2-4-9(11)12)8-3-5-10(8)13/h2,4,6,8H,3,5H2,1H3. The van der Waals surface area contributed by atoms with Crippen molar-refractivity contribution in [2.24, 2.45) is 0 Å². The van der Waals surface area contributed by atoms with E-state index < -0.39 is 0 Å². The molecule has 0 spiro atoms. The second-order valence-electron chi connectivity index (χ2n) is 3.45. The van der Waals surface area contributed by atoms with Crippen molar-refractivity contribution in [3.8, 4) is 5.75 Å². The van der Waals surface area contributed by atoms with Crippen molar-refractivity contribution in [1.82, 2.24) is 0 Å². The number of halogens is 1. The van der Waals surface area contributed by atoms with E-state index in [4.69, 9.17) is 4.74 Å². The number of rotatable bonds is 2. The van der Waals surface area contributed by atoms with Crippen LogP contribution in [0.15, 0.2) is 18.2 Å². The molecule has 1 aromatic carbocycles. The van der Waals surface area contributed by atoms with Gasteiger partial charge in [-0.05, 0) is 24.1 Å². The van der Waals surface area contributed by atoms with Crippen molar-refractivity contribution >= 4 is 5.78 Å². The highest BCUT2D eigenvalue weighted by Gasteiger charge is 2.29. The molecule has 1 aromatic rings. The van der Waals surface area contributed by atoms with E-state index in [1.165, 1.54) is 13.2 Å². The van der Waals surface area contributed by atoms with E-state index in [1.54, 1.807) is 12.1 Å². The van der Waals surface area contributed by atoms with Crippen LogP contribution in [0.25, 0.3) is 0 Å². The van der Waals surface area contributed by atoms with E-state index in [0.29, 0.717) is 6.42 Å². The molecular weight excluding hydrogens is 183 g/mol. The van der Waals surface area contributed by atoms with Gasteiger partial charge in [0.25, 0.3) is 0 Å². The second kappa shape index (κ2) is 3.40. The number of benzene rings is 1. The molecule has 0 bridgehead atoms. The molecule has 0 heterocycles. The largest absolute Gasteiger partial charge is 0.494 e. The Balaban J connectivity index is 2.31. The number of hydrogen-bond donors (Lipinski definition) is 0. The topological polar surface area (TPSA) is 26.3 Å². The van der Waals surface area contributed by atoms with Gasteiger partial charge in [0.05, 0.1) is 7.11 Å². The molecule has 0 saturated heterocycles. The van der Waals surface area contributed by atoms with Crippen LogP contribution >= 0.6 is 0 Å². The molecule has 3 heteroatoms. The number of carbonyl (C=O) groups is 1. The zero-order chi connectivity index (χ0) is 10.1. The van der Waals surface area contributed by atoms with Crippen molar-refractivity contribution in [1.29, 1.82) is 0 Å². The molecule has 2 rings (SSSR count). The normalized spacial score (nSPS) is 20.4. The van der Waals surface area contributed by atoms with E-state index in [2.05, 4.69) is 0 Å². The lowest BCUT2D eigenvalue weighted by Gasteiger charge is -2.24. The summed E-state index contributed by atoms with van der Waals surface area (Å²) in [5.41, 5.74) is 0.861. The van der Waals surface area contributed by atoms with Crippen molar-refractivity contribution in [3.63, 3.8) is 0 Å². The van der Waals surface area contributed by atoms with Gasteiger partial charge >= 0.3 is 0 Å². The highest BCUT2D eigenvalue weighted by atomic mass is 19.1. The average molecular weight is 194 g/mol. The third-order valence-corrected chi connectivity index (χ3v) is 2.65. The van der Waals surface area contributed by atoms with Gasteiger partial charge in [0, 0.05) is 12.3 Å². The zero-order valence-corrected chi connectivity index (χ0v) is 7.92. The number of methoxy groups -OCH3 is 1. The van der Waals surface area contributed by atoms with E-state index >= 15 is 0 Å². The molecule has 0 aromatic heterocycles. The lowest BCUT2D eigenvalue weighted by atomic mass is 9.78. The Bertz CT molecular complexity index is 374. The highest BCUT2D eigenvalue weighted by molar-refractivity contribution is 5.91. The Hall–Kier alpha value is -1.38. The van der Waals surface area contributed by atoms with Crippen molar-refractivity contribution in [2.75, 3.05) is 7.11 Å². The number of ketones is 1. The van der Waals surface area contributed by atoms with Gasteiger partial charge < -0.3 is 4.74 Å². The molecule has 2 nitrogen and oxygen atoms in total. The Kier molecular flexibility index (Phi) is 2.23. The highest BCUT2D eigenvalue weighted by Crippen LogP contribution is 2.34. The Morgan fingerprint density at radius 2 is 2.29 bits per heavy atom. The van der Waals surface area contributed by atoms with Crippen LogP contribution in [-0.4, -0.2) is 12.9 Å². The van der Waals surface area contributed by atoms with Gasteiger partial charge in [0.1, 0.15) is 5.78 Å². The fourth-order valence-electron chi connectivity index (χ4n) is 1.65. The van der Waals surface area contributed by atoms with Gasteiger partial charge in [-0.15, -0.1) is 0 Å². The summed E-state index contributed by atoms with van der Waals surface area (Å²) in [6, 6.07) is 4.61. The number of Topliss-reactive ketones (excluding diaryl/α,β-unsaturated/α-hetero) is 1. The summed E-state index contributed by atoms with van der Waals surface area (Å²) in [5, 5.41) is 0. The van der Waals surface area contributed by atoms with Crippen LogP contribution in [0.3, 0.4) is 0 Å². The Morgan fingerprint density at radius 1 is 1.50 bits per heavy atom. The molecule has 14 heavy (non-hydrogen) atoms. The molecule has 0 radical (unpaired) electrons. The second-order valence-corrected chi connectivity index (χ2v) is 3.45. The summed E-state index contributed by atoms with van der Waals surface area (Å²) in [6.07, 6.45) is 1.51. The Labute approximate surface area is 81.7 Å². The third kappa shape index (κ3) is 1.39. The molecule has 1 atom stereocenters. The van der Waals surface area contributed by atoms with Crippen LogP contribution in [0.2, 0.25) is 0 Å². The summed E-state index contributed by atoms with van der Waals surface area (Å²) in [5.74, 6) is 0.0217. The van der Waals surface area contributed by atoms with Crippen LogP contribution in [0.1, 0.15) is 24.3 Å². The first-order valence-electron chi connectivity index (χ1n) is 4.58. The van der Waals surface area contributed by atoms with Crippen LogP contribution in [0.4, 0.5) is 4.39 Å². The minimum Gasteiger partial charge on any atom is -0.494 e.